The second kappa shape index (κ2) is 7.83. The number of carbonyl (C=O) groups excluding carboxylic acids is 2. The molecule has 0 fully saturated rings. The number of amides is 2. The average molecular weight is 338 g/mol. The van der Waals surface area contributed by atoms with E-state index in [0.29, 0.717) is 18.0 Å². The zero-order valence-electron chi connectivity index (χ0n) is 14.3. The first-order valence-corrected chi connectivity index (χ1v) is 8.53. The highest BCUT2D eigenvalue weighted by molar-refractivity contribution is 6.02. The van der Waals surface area contributed by atoms with E-state index in [-0.39, 0.29) is 30.9 Å². The van der Waals surface area contributed by atoms with Gasteiger partial charge in [0.15, 0.2) is 6.61 Å². The summed E-state index contributed by atoms with van der Waals surface area (Å²) in [5.74, 6) is 0.520. The van der Waals surface area contributed by atoms with Crippen molar-refractivity contribution in [1.82, 2.24) is 5.32 Å². The molecule has 1 aliphatic rings. The Morgan fingerprint density at radius 2 is 1.88 bits per heavy atom. The minimum absolute atomic E-state index is 0.00440. The van der Waals surface area contributed by atoms with Gasteiger partial charge in [-0.15, -0.1) is 0 Å². The molecular formula is C20H22N2O3. The minimum Gasteiger partial charge on any atom is -0.482 e. The van der Waals surface area contributed by atoms with Crippen LogP contribution in [0.15, 0.2) is 54.6 Å². The molecule has 5 nitrogen and oxygen atoms in total. The Kier molecular flexibility index (Phi) is 5.33. The summed E-state index contributed by atoms with van der Waals surface area (Å²) < 4.78 is 5.40. The number of anilines is 1. The molecule has 2 amide bonds. The molecule has 5 heteroatoms. The lowest BCUT2D eigenvalue weighted by Gasteiger charge is -2.29. The summed E-state index contributed by atoms with van der Waals surface area (Å²) in [6.07, 6.45) is 0.934. The number of nitrogens with zero attached hydrogens (tertiary/aromatic N) is 1. The molecule has 0 unspecified atom stereocenters. The van der Waals surface area contributed by atoms with E-state index >= 15 is 0 Å². The molecule has 0 bridgehead atoms. The first-order chi connectivity index (χ1) is 12.2. The van der Waals surface area contributed by atoms with Crippen LogP contribution in [0.3, 0.4) is 0 Å². The van der Waals surface area contributed by atoms with E-state index in [4.69, 9.17) is 4.74 Å². The number of nitrogens with one attached hydrogen (secondary N) is 1. The van der Waals surface area contributed by atoms with Crippen LogP contribution >= 0.6 is 0 Å². The van der Waals surface area contributed by atoms with E-state index < -0.39 is 0 Å². The van der Waals surface area contributed by atoms with Gasteiger partial charge in [-0.05, 0) is 24.1 Å². The zero-order chi connectivity index (χ0) is 17.6. The maximum Gasteiger partial charge on any atom is 0.265 e. The maximum atomic E-state index is 12.4. The lowest BCUT2D eigenvalue weighted by molar-refractivity contribution is -0.125. The smallest absolute Gasteiger partial charge is 0.265 e. The molecule has 0 saturated carbocycles. The van der Waals surface area contributed by atoms with Crippen LogP contribution in [0.4, 0.5) is 5.69 Å². The molecule has 1 atom stereocenters. The number of ether oxygens (including phenoxy) is 1. The van der Waals surface area contributed by atoms with Crippen molar-refractivity contribution in [3.63, 3.8) is 0 Å². The first-order valence-electron chi connectivity index (χ1n) is 8.53. The van der Waals surface area contributed by atoms with Gasteiger partial charge in [0.1, 0.15) is 12.3 Å². The van der Waals surface area contributed by atoms with Gasteiger partial charge < -0.3 is 10.1 Å². The SMILES string of the molecule is CC[C@@H](CNC(=O)CN1C(=O)COc2ccccc21)c1ccccc1. The number of rotatable bonds is 6. The van der Waals surface area contributed by atoms with Crippen molar-refractivity contribution in [2.75, 3.05) is 24.6 Å². The predicted octanol–water partition coefficient (Wildman–Crippen LogP) is 2.72. The summed E-state index contributed by atoms with van der Waals surface area (Å²) >= 11 is 0. The van der Waals surface area contributed by atoms with E-state index in [0.717, 1.165) is 6.42 Å². The largest absolute Gasteiger partial charge is 0.482 e. The van der Waals surface area contributed by atoms with Gasteiger partial charge in [-0.1, -0.05) is 49.4 Å². The van der Waals surface area contributed by atoms with E-state index in [1.165, 1.54) is 10.5 Å². The van der Waals surface area contributed by atoms with Crippen molar-refractivity contribution in [3.8, 4) is 5.75 Å². The van der Waals surface area contributed by atoms with Gasteiger partial charge in [-0.2, -0.15) is 0 Å². The standard InChI is InChI=1S/C20H22N2O3/c1-2-15(16-8-4-3-5-9-16)12-21-19(23)13-22-17-10-6-7-11-18(17)25-14-20(22)24/h3-11,15H,2,12-14H2,1H3,(H,21,23)/t15-/m0/s1. The number of hydrogen-bond acceptors (Lipinski definition) is 3. The quantitative estimate of drug-likeness (QED) is 0.881. The van der Waals surface area contributed by atoms with E-state index in [2.05, 4.69) is 24.4 Å². The number of para-hydroxylation sites is 2. The van der Waals surface area contributed by atoms with Crippen molar-refractivity contribution in [2.45, 2.75) is 19.3 Å². The molecule has 130 valence electrons. The van der Waals surface area contributed by atoms with Crippen LogP contribution in [0.2, 0.25) is 0 Å². The molecule has 0 aliphatic carbocycles. The number of fused-ring (bicyclic) bond motifs is 1. The van der Waals surface area contributed by atoms with Crippen LogP contribution in [-0.2, 0) is 9.59 Å². The third kappa shape index (κ3) is 3.99. The first kappa shape index (κ1) is 17.0. The van der Waals surface area contributed by atoms with E-state index in [1.54, 1.807) is 12.1 Å². The normalized spacial score (nSPS) is 14.4. The van der Waals surface area contributed by atoms with Gasteiger partial charge in [0.25, 0.3) is 5.91 Å². The van der Waals surface area contributed by atoms with E-state index in [9.17, 15) is 9.59 Å². The van der Waals surface area contributed by atoms with Crippen molar-refractivity contribution in [3.05, 3.63) is 60.2 Å². The maximum absolute atomic E-state index is 12.4. The number of carbonyl (C=O) groups is 2. The Hall–Kier alpha value is -2.82. The van der Waals surface area contributed by atoms with Crippen LogP contribution in [-0.4, -0.2) is 31.5 Å². The summed E-state index contributed by atoms with van der Waals surface area (Å²) in [6.45, 7) is 2.63. The highest BCUT2D eigenvalue weighted by Gasteiger charge is 2.27. The fourth-order valence-corrected chi connectivity index (χ4v) is 2.99. The Bertz CT molecular complexity index is 746. The molecule has 0 radical (unpaired) electrons. The molecule has 2 aromatic rings. The fraction of sp³-hybridized carbons (Fsp3) is 0.300. The van der Waals surface area contributed by atoms with Crippen LogP contribution in [0.5, 0.6) is 5.75 Å². The highest BCUT2D eigenvalue weighted by Crippen LogP contribution is 2.31. The Balaban J connectivity index is 1.62. The van der Waals surface area contributed by atoms with E-state index in [1.807, 2.05) is 30.3 Å². The molecular weight excluding hydrogens is 316 g/mol. The van der Waals surface area contributed by atoms with Crippen LogP contribution in [0.1, 0.15) is 24.8 Å². The predicted molar refractivity (Wildman–Crippen MR) is 96.8 cm³/mol. The van der Waals surface area contributed by atoms with Crippen molar-refractivity contribution < 1.29 is 14.3 Å². The summed E-state index contributed by atoms with van der Waals surface area (Å²) in [4.78, 5) is 26.0. The monoisotopic (exact) mass is 338 g/mol. The molecule has 1 aliphatic heterocycles. The number of hydrogen-bond donors (Lipinski definition) is 1. The van der Waals surface area contributed by atoms with Crippen LogP contribution < -0.4 is 15.0 Å². The third-order valence-electron chi connectivity index (χ3n) is 4.42. The minimum atomic E-state index is -0.205. The van der Waals surface area contributed by atoms with Crippen LogP contribution in [0.25, 0.3) is 0 Å². The van der Waals surface area contributed by atoms with Crippen molar-refractivity contribution in [1.29, 1.82) is 0 Å². The lowest BCUT2D eigenvalue weighted by atomic mass is 9.96. The highest BCUT2D eigenvalue weighted by atomic mass is 16.5. The van der Waals surface area contributed by atoms with Gasteiger partial charge in [-0.3, -0.25) is 14.5 Å². The topological polar surface area (TPSA) is 58.6 Å². The molecule has 0 aromatic heterocycles. The second-order valence-electron chi connectivity index (χ2n) is 6.06. The summed E-state index contributed by atoms with van der Waals surface area (Å²) in [6, 6.07) is 17.4. The van der Waals surface area contributed by atoms with Crippen molar-refractivity contribution in [2.24, 2.45) is 0 Å². The lowest BCUT2D eigenvalue weighted by Crippen LogP contribution is -2.45. The summed E-state index contributed by atoms with van der Waals surface area (Å²) in [5.41, 5.74) is 1.85. The van der Waals surface area contributed by atoms with Gasteiger partial charge in [-0.25, -0.2) is 0 Å². The van der Waals surface area contributed by atoms with Crippen LogP contribution in [0, 0.1) is 0 Å². The Morgan fingerprint density at radius 3 is 2.64 bits per heavy atom. The molecule has 0 spiro atoms. The van der Waals surface area contributed by atoms with Gasteiger partial charge in [0.05, 0.1) is 5.69 Å². The fourth-order valence-electron chi connectivity index (χ4n) is 2.99. The molecule has 0 saturated heterocycles. The number of benzene rings is 2. The van der Waals surface area contributed by atoms with Crippen molar-refractivity contribution >= 4 is 17.5 Å². The second-order valence-corrected chi connectivity index (χ2v) is 6.06. The van der Waals surface area contributed by atoms with Gasteiger partial charge >= 0.3 is 0 Å². The Labute approximate surface area is 147 Å². The molecule has 1 heterocycles. The Morgan fingerprint density at radius 1 is 1.16 bits per heavy atom. The summed E-state index contributed by atoms with van der Waals surface area (Å²) in [5, 5.41) is 2.96. The third-order valence-corrected chi connectivity index (χ3v) is 4.42. The molecule has 1 N–H and O–H groups in total. The van der Waals surface area contributed by atoms with Gasteiger partial charge in [0, 0.05) is 12.5 Å². The zero-order valence-corrected chi connectivity index (χ0v) is 14.3. The molecule has 3 rings (SSSR count). The average Bonchev–Trinajstić information content (AvgIpc) is 2.65. The molecule has 25 heavy (non-hydrogen) atoms. The van der Waals surface area contributed by atoms with Gasteiger partial charge in [0.2, 0.25) is 5.91 Å². The summed E-state index contributed by atoms with van der Waals surface area (Å²) in [7, 11) is 0. The molecule has 2 aromatic carbocycles.